The van der Waals surface area contributed by atoms with E-state index in [-0.39, 0.29) is 17.8 Å². The number of fused-ring (bicyclic) bond motifs is 1. The van der Waals surface area contributed by atoms with Crippen LogP contribution in [0.3, 0.4) is 0 Å². The van der Waals surface area contributed by atoms with E-state index < -0.39 is 0 Å². The van der Waals surface area contributed by atoms with Crippen LogP contribution < -0.4 is 15.0 Å². The lowest BCUT2D eigenvalue weighted by atomic mass is 10.2. The summed E-state index contributed by atoms with van der Waals surface area (Å²) in [6.07, 6.45) is 2.40. The van der Waals surface area contributed by atoms with E-state index in [1.807, 2.05) is 6.92 Å². The average Bonchev–Trinajstić information content (AvgIpc) is 3.21. The summed E-state index contributed by atoms with van der Waals surface area (Å²) in [4.78, 5) is 14.0. The van der Waals surface area contributed by atoms with Crippen molar-refractivity contribution in [1.82, 2.24) is 5.32 Å². The minimum absolute atomic E-state index is 0.00802. The largest absolute Gasteiger partial charge is 0.487 e. The summed E-state index contributed by atoms with van der Waals surface area (Å²) in [5, 5.41) is 3.20. The van der Waals surface area contributed by atoms with Gasteiger partial charge in [-0.25, -0.2) is 4.39 Å². The van der Waals surface area contributed by atoms with Crippen LogP contribution in [-0.2, 0) is 4.79 Å². The van der Waals surface area contributed by atoms with Gasteiger partial charge in [0.15, 0.2) is 0 Å². The molecule has 20 heavy (non-hydrogen) atoms. The molecule has 0 aromatic heterocycles. The summed E-state index contributed by atoms with van der Waals surface area (Å²) in [7, 11) is 0. The van der Waals surface area contributed by atoms with Crippen LogP contribution in [0.4, 0.5) is 10.1 Å². The summed E-state index contributed by atoms with van der Waals surface area (Å²) < 4.78 is 18.8. The molecule has 3 rings (SSSR count). The van der Waals surface area contributed by atoms with Gasteiger partial charge < -0.3 is 15.0 Å². The minimum atomic E-state index is -0.350. The molecule has 0 spiro atoms. The highest BCUT2D eigenvalue weighted by atomic mass is 19.1. The number of halogens is 1. The smallest absolute Gasteiger partial charge is 0.241 e. The van der Waals surface area contributed by atoms with Crippen LogP contribution in [0.25, 0.3) is 0 Å². The molecular weight excluding hydrogens is 259 g/mol. The Kier molecular flexibility index (Phi) is 3.61. The van der Waals surface area contributed by atoms with Crippen molar-refractivity contribution in [3.63, 3.8) is 0 Å². The molecule has 1 aliphatic heterocycles. The Balaban J connectivity index is 1.70. The number of amides is 1. The Hall–Kier alpha value is -1.62. The number of rotatable bonds is 4. The van der Waals surface area contributed by atoms with Crippen molar-refractivity contribution >= 4 is 11.6 Å². The van der Waals surface area contributed by atoms with Gasteiger partial charge >= 0.3 is 0 Å². The fourth-order valence-electron chi connectivity index (χ4n) is 2.45. The molecule has 1 fully saturated rings. The first-order chi connectivity index (χ1) is 9.63. The molecule has 0 bridgehead atoms. The second-order valence-electron chi connectivity index (χ2n) is 5.62. The Labute approximate surface area is 117 Å². The Morgan fingerprint density at radius 3 is 3.05 bits per heavy atom. The lowest BCUT2D eigenvalue weighted by Gasteiger charge is -2.33. The molecule has 5 heteroatoms. The van der Waals surface area contributed by atoms with E-state index in [1.54, 1.807) is 11.0 Å². The van der Waals surface area contributed by atoms with Crippen LogP contribution in [0.15, 0.2) is 18.2 Å². The zero-order valence-electron chi connectivity index (χ0n) is 11.6. The summed E-state index contributed by atoms with van der Waals surface area (Å²) in [5.74, 6) is 0.845. The lowest BCUT2D eigenvalue weighted by molar-refractivity contribution is -0.118. The number of anilines is 1. The molecule has 108 valence electrons. The van der Waals surface area contributed by atoms with Gasteiger partial charge in [0.25, 0.3) is 0 Å². The van der Waals surface area contributed by atoms with E-state index >= 15 is 0 Å². The van der Waals surface area contributed by atoms with Crippen LogP contribution in [0.2, 0.25) is 0 Å². The molecule has 1 aromatic carbocycles. The molecule has 1 heterocycles. The standard InChI is InChI=1S/C15H19FN2O2/c1-10-9-18(15(19)8-17-7-11-2-3-11)13-5-4-12(16)6-14(13)20-10/h4-6,10-11,17H,2-3,7-9H2,1H3. The number of carbonyl (C=O) groups excluding carboxylic acids is 1. The molecular formula is C15H19FN2O2. The lowest BCUT2D eigenvalue weighted by Crippen LogP contribution is -2.46. The molecule has 1 aromatic rings. The van der Waals surface area contributed by atoms with Gasteiger partial charge in [-0.15, -0.1) is 0 Å². The van der Waals surface area contributed by atoms with Crippen LogP contribution in [-0.4, -0.2) is 31.6 Å². The topological polar surface area (TPSA) is 41.6 Å². The third-order valence-corrected chi connectivity index (χ3v) is 3.69. The third-order valence-electron chi connectivity index (χ3n) is 3.69. The number of benzene rings is 1. The van der Waals surface area contributed by atoms with Crippen molar-refractivity contribution in [1.29, 1.82) is 0 Å². The highest BCUT2D eigenvalue weighted by molar-refractivity contribution is 5.96. The molecule has 4 nitrogen and oxygen atoms in total. The first kappa shape index (κ1) is 13.4. The first-order valence-electron chi connectivity index (χ1n) is 7.11. The molecule has 2 aliphatic rings. The fraction of sp³-hybridized carbons (Fsp3) is 0.533. The highest BCUT2D eigenvalue weighted by Gasteiger charge is 2.28. The predicted octanol–water partition coefficient (Wildman–Crippen LogP) is 1.94. The fourth-order valence-corrected chi connectivity index (χ4v) is 2.45. The van der Waals surface area contributed by atoms with E-state index in [1.165, 1.54) is 25.0 Å². The maximum Gasteiger partial charge on any atom is 0.241 e. The van der Waals surface area contributed by atoms with Gasteiger partial charge in [-0.1, -0.05) is 0 Å². The summed E-state index contributed by atoms with van der Waals surface area (Å²) in [6.45, 7) is 3.61. The number of ether oxygens (including phenoxy) is 1. The number of carbonyl (C=O) groups is 1. The third kappa shape index (κ3) is 2.93. The quantitative estimate of drug-likeness (QED) is 0.915. The van der Waals surface area contributed by atoms with Crippen LogP contribution in [0.5, 0.6) is 5.75 Å². The molecule has 1 saturated carbocycles. The predicted molar refractivity (Wildman–Crippen MR) is 74.4 cm³/mol. The van der Waals surface area contributed by atoms with E-state index in [0.29, 0.717) is 24.5 Å². The maximum atomic E-state index is 13.3. The monoisotopic (exact) mass is 278 g/mol. The summed E-state index contributed by atoms with van der Waals surface area (Å²) in [6, 6.07) is 4.30. The Bertz CT molecular complexity index is 517. The Morgan fingerprint density at radius 2 is 2.30 bits per heavy atom. The van der Waals surface area contributed by atoms with Crippen LogP contribution in [0.1, 0.15) is 19.8 Å². The molecule has 1 aliphatic carbocycles. The van der Waals surface area contributed by atoms with Crippen molar-refractivity contribution in [3.8, 4) is 5.75 Å². The number of hydrogen-bond acceptors (Lipinski definition) is 3. The zero-order chi connectivity index (χ0) is 14.1. The van der Waals surface area contributed by atoms with E-state index in [9.17, 15) is 9.18 Å². The molecule has 1 atom stereocenters. The second kappa shape index (κ2) is 5.40. The van der Waals surface area contributed by atoms with Crippen LogP contribution in [0, 0.1) is 11.7 Å². The minimum Gasteiger partial charge on any atom is -0.487 e. The molecule has 1 N–H and O–H groups in total. The average molecular weight is 278 g/mol. The molecule has 1 amide bonds. The van der Waals surface area contributed by atoms with Gasteiger partial charge in [0.05, 0.1) is 18.8 Å². The zero-order valence-corrected chi connectivity index (χ0v) is 11.6. The summed E-state index contributed by atoms with van der Waals surface area (Å²) in [5.41, 5.74) is 0.655. The first-order valence-corrected chi connectivity index (χ1v) is 7.11. The molecule has 1 unspecified atom stereocenters. The van der Waals surface area contributed by atoms with Crippen molar-refractivity contribution in [2.24, 2.45) is 5.92 Å². The number of nitrogens with one attached hydrogen (secondary N) is 1. The van der Waals surface area contributed by atoms with Gasteiger partial charge in [0, 0.05) is 6.07 Å². The van der Waals surface area contributed by atoms with E-state index in [0.717, 1.165) is 12.5 Å². The molecule has 0 radical (unpaired) electrons. The van der Waals surface area contributed by atoms with Crippen molar-refractivity contribution < 1.29 is 13.9 Å². The number of hydrogen-bond donors (Lipinski definition) is 1. The van der Waals surface area contributed by atoms with Crippen molar-refractivity contribution in [2.45, 2.75) is 25.9 Å². The molecule has 0 saturated heterocycles. The summed E-state index contributed by atoms with van der Waals surface area (Å²) >= 11 is 0. The highest BCUT2D eigenvalue weighted by Crippen LogP contribution is 2.34. The van der Waals surface area contributed by atoms with Gasteiger partial charge in [-0.05, 0) is 44.4 Å². The second-order valence-corrected chi connectivity index (χ2v) is 5.62. The van der Waals surface area contributed by atoms with Crippen LogP contribution >= 0.6 is 0 Å². The van der Waals surface area contributed by atoms with Gasteiger partial charge in [0.1, 0.15) is 17.7 Å². The van der Waals surface area contributed by atoms with E-state index in [4.69, 9.17) is 4.74 Å². The van der Waals surface area contributed by atoms with Gasteiger partial charge in [0.2, 0.25) is 5.91 Å². The van der Waals surface area contributed by atoms with Gasteiger partial charge in [-0.2, -0.15) is 0 Å². The van der Waals surface area contributed by atoms with Crippen molar-refractivity contribution in [2.75, 3.05) is 24.5 Å². The van der Waals surface area contributed by atoms with Gasteiger partial charge in [-0.3, -0.25) is 4.79 Å². The normalized spacial score (nSPS) is 21.3. The van der Waals surface area contributed by atoms with E-state index in [2.05, 4.69) is 5.32 Å². The van der Waals surface area contributed by atoms with Crippen molar-refractivity contribution in [3.05, 3.63) is 24.0 Å². The Morgan fingerprint density at radius 1 is 1.50 bits per heavy atom. The SMILES string of the molecule is CC1CN(C(=O)CNCC2CC2)c2ccc(F)cc2O1. The maximum absolute atomic E-state index is 13.3. The number of nitrogens with zero attached hydrogens (tertiary/aromatic N) is 1.